The highest BCUT2D eigenvalue weighted by Crippen LogP contribution is 2.03. The van der Waals surface area contributed by atoms with E-state index in [-0.39, 0.29) is 0 Å². The summed E-state index contributed by atoms with van der Waals surface area (Å²) in [7, 11) is 0. The van der Waals surface area contributed by atoms with Crippen molar-refractivity contribution < 1.29 is 0 Å². The van der Waals surface area contributed by atoms with E-state index in [4.69, 9.17) is 0 Å². The average Bonchev–Trinajstić information content (AvgIpc) is 2.16. The van der Waals surface area contributed by atoms with Gasteiger partial charge in [-0.2, -0.15) is 0 Å². The highest BCUT2D eigenvalue weighted by molar-refractivity contribution is 4.98. The van der Waals surface area contributed by atoms with Gasteiger partial charge in [-0.3, -0.25) is 4.90 Å². The van der Waals surface area contributed by atoms with Crippen molar-refractivity contribution in [2.75, 3.05) is 26.2 Å². The number of hydrogen-bond acceptors (Lipinski definition) is 2. The van der Waals surface area contributed by atoms with Crippen molar-refractivity contribution in [1.29, 1.82) is 0 Å². The minimum atomic E-state index is 0.692. The fourth-order valence-electron chi connectivity index (χ4n) is 1.77. The molecule has 0 bridgehead atoms. The molecule has 2 nitrogen and oxygen atoms in total. The fourth-order valence-corrected chi connectivity index (χ4v) is 1.77. The molecule has 0 spiro atoms. The molecule has 0 radical (unpaired) electrons. The van der Waals surface area contributed by atoms with Crippen molar-refractivity contribution in [3.8, 4) is 11.8 Å². The maximum Gasteiger partial charge on any atom is 0.0602 e. The third-order valence-electron chi connectivity index (χ3n) is 2.46. The van der Waals surface area contributed by atoms with Crippen LogP contribution in [0.3, 0.4) is 0 Å². The Labute approximate surface area is 81.7 Å². The third kappa shape index (κ3) is 3.80. The summed E-state index contributed by atoms with van der Waals surface area (Å²) in [4.78, 5) is 2.44. The Morgan fingerprint density at radius 1 is 1.54 bits per heavy atom. The number of nitrogens with zero attached hydrogens (tertiary/aromatic N) is 1. The molecule has 2 heteroatoms. The lowest BCUT2D eigenvalue weighted by molar-refractivity contribution is 0.214. The zero-order valence-electron chi connectivity index (χ0n) is 8.77. The Morgan fingerprint density at radius 2 is 2.38 bits per heavy atom. The molecule has 1 rings (SSSR count). The van der Waals surface area contributed by atoms with E-state index < -0.39 is 0 Å². The minimum absolute atomic E-state index is 0.692. The molecule has 1 unspecified atom stereocenters. The number of hydrogen-bond donors (Lipinski definition) is 1. The zero-order valence-corrected chi connectivity index (χ0v) is 8.77. The molecule has 0 aromatic rings. The van der Waals surface area contributed by atoms with Gasteiger partial charge >= 0.3 is 0 Å². The Kier molecular flexibility index (Phi) is 4.88. The van der Waals surface area contributed by atoms with Crippen LogP contribution in [0.15, 0.2) is 0 Å². The maximum absolute atomic E-state index is 3.54. The van der Waals surface area contributed by atoms with Crippen LogP contribution in [0.4, 0.5) is 0 Å². The molecular formula is C11H20N2. The zero-order chi connectivity index (χ0) is 9.52. The van der Waals surface area contributed by atoms with Crippen molar-refractivity contribution in [1.82, 2.24) is 10.2 Å². The van der Waals surface area contributed by atoms with Crippen LogP contribution in [0, 0.1) is 11.8 Å². The lowest BCUT2D eigenvalue weighted by Gasteiger charge is -2.32. The average molecular weight is 180 g/mol. The molecule has 0 saturated carbocycles. The second kappa shape index (κ2) is 6.01. The van der Waals surface area contributed by atoms with Crippen molar-refractivity contribution in [2.45, 2.75) is 32.7 Å². The normalized spacial score (nSPS) is 23.7. The molecule has 13 heavy (non-hydrogen) atoms. The third-order valence-corrected chi connectivity index (χ3v) is 2.46. The highest BCUT2D eigenvalue weighted by atomic mass is 15.2. The maximum atomic E-state index is 3.54. The first-order chi connectivity index (χ1) is 6.36. The summed E-state index contributed by atoms with van der Waals surface area (Å²) in [6, 6.07) is 0.692. The summed E-state index contributed by atoms with van der Waals surface area (Å²) in [5.74, 6) is 6.08. The largest absolute Gasteiger partial charge is 0.311 e. The summed E-state index contributed by atoms with van der Waals surface area (Å²) in [6.45, 7) is 8.53. The van der Waals surface area contributed by atoms with E-state index in [0.717, 1.165) is 19.6 Å². The van der Waals surface area contributed by atoms with Gasteiger partial charge in [0.2, 0.25) is 0 Å². The molecule has 1 saturated heterocycles. The molecule has 1 aliphatic rings. The van der Waals surface area contributed by atoms with Crippen LogP contribution in [0.1, 0.15) is 26.7 Å². The van der Waals surface area contributed by atoms with E-state index in [9.17, 15) is 0 Å². The SMILES string of the molecule is CC#CCN1CCNC(CCC)C1. The van der Waals surface area contributed by atoms with Gasteiger partial charge in [-0.05, 0) is 13.3 Å². The van der Waals surface area contributed by atoms with Gasteiger partial charge in [0.05, 0.1) is 6.54 Å². The monoisotopic (exact) mass is 180 g/mol. The molecule has 0 aromatic carbocycles. The van der Waals surface area contributed by atoms with Gasteiger partial charge < -0.3 is 5.32 Å². The molecule has 1 aliphatic heterocycles. The van der Waals surface area contributed by atoms with E-state index in [0.29, 0.717) is 6.04 Å². The predicted molar refractivity (Wildman–Crippen MR) is 56.6 cm³/mol. The Hall–Kier alpha value is -0.520. The molecule has 74 valence electrons. The van der Waals surface area contributed by atoms with E-state index in [2.05, 4.69) is 29.0 Å². The molecule has 1 atom stereocenters. The molecule has 1 fully saturated rings. The quantitative estimate of drug-likeness (QED) is 0.654. The van der Waals surface area contributed by atoms with Crippen LogP contribution in [-0.4, -0.2) is 37.1 Å². The summed E-state index contributed by atoms with van der Waals surface area (Å²) in [5, 5.41) is 3.54. The summed E-state index contributed by atoms with van der Waals surface area (Å²) >= 11 is 0. The molecule has 0 amide bonds. The van der Waals surface area contributed by atoms with Crippen LogP contribution in [0.5, 0.6) is 0 Å². The molecule has 1 N–H and O–H groups in total. The first kappa shape index (κ1) is 10.6. The summed E-state index contributed by atoms with van der Waals surface area (Å²) in [6.07, 6.45) is 2.56. The molecule has 0 aromatic heterocycles. The highest BCUT2D eigenvalue weighted by Gasteiger charge is 2.16. The molecular weight excluding hydrogens is 160 g/mol. The second-order valence-corrected chi connectivity index (χ2v) is 3.60. The molecule has 0 aliphatic carbocycles. The van der Waals surface area contributed by atoms with E-state index in [1.165, 1.54) is 19.4 Å². The number of piperazine rings is 1. The Balaban J connectivity index is 2.27. The van der Waals surface area contributed by atoms with Gasteiger partial charge in [-0.15, -0.1) is 5.92 Å². The Morgan fingerprint density at radius 3 is 3.08 bits per heavy atom. The predicted octanol–water partition coefficient (Wildman–Crippen LogP) is 1.08. The van der Waals surface area contributed by atoms with Crippen LogP contribution in [0.25, 0.3) is 0 Å². The van der Waals surface area contributed by atoms with E-state index >= 15 is 0 Å². The first-order valence-corrected chi connectivity index (χ1v) is 5.22. The van der Waals surface area contributed by atoms with E-state index in [1.54, 1.807) is 0 Å². The second-order valence-electron chi connectivity index (χ2n) is 3.60. The Bertz CT molecular complexity index is 188. The van der Waals surface area contributed by atoms with Crippen LogP contribution in [-0.2, 0) is 0 Å². The van der Waals surface area contributed by atoms with Gasteiger partial charge in [-0.1, -0.05) is 19.3 Å². The van der Waals surface area contributed by atoms with Crippen LogP contribution in [0.2, 0.25) is 0 Å². The standard InChI is InChI=1S/C11H20N2/c1-3-5-8-13-9-7-12-11(10-13)6-4-2/h11-12H,4,6-10H2,1-2H3. The van der Waals surface area contributed by atoms with Gasteiger partial charge in [-0.25, -0.2) is 0 Å². The number of nitrogens with one attached hydrogen (secondary N) is 1. The van der Waals surface area contributed by atoms with Crippen LogP contribution < -0.4 is 5.32 Å². The fraction of sp³-hybridized carbons (Fsp3) is 0.818. The van der Waals surface area contributed by atoms with Crippen molar-refractivity contribution in [2.24, 2.45) is 0 Å². The van der Waals surface area contributed by atoms with Crippen molar-refractivity contribution in [3.05, 3.63) is 0 Å². The van der Waals surface area contributed by atoms with E-state index in [1.807, 2.05) is 6.92 Å². The van der Waals surface area contributed by atoms with Gasteiger partial charge in [0, 0.05) is 25.7 Å². The van der Waals surface area contributed by atoms with Gasteiger partial charge in [0.25, 0.3) is 0 Å². The van der Waals surface area contributed by atoms with Crippen LogP contribution >= 0.6 is 0 Å². The summed E-state index contributed by atoms with van der Waals surface area (Å²) in [5.41, 5.74) is 0. The van der Waals surface area contributed by atoms with Gasteiger partial charge in [0.15, 0.2) is 0 Å². The first-order valence-electron chi connectivity index (χ1n) is 5.22. The topological polar surface area (TPSA) is 15.3 Å². The lowest BCUT2D eigenvalue weighted by atomic mass is 10.1. The van der Waals surface area contributed by atoms with Gasteiger partial charge in [0.1, 0.15) is 0 Å². The van der Waals surface area contributed by atoms with Crippen molar-refractivity contribution in [3.63, 3.8) is 0 Å². The van der Waals surface area contributed by atoms with Crippen molar-refractivity contribution >= 4 is 0 Å². The smallest absolute Gasteiger partial charge is 0.0602 e. The summed E-state index contributed by atoms with van der Waals surface area (Å²) < 4.78 is 0. The minimum Gasteiger partial charge on any atom is -0.311 e. The molecule has 1 heterocycles. The number of rotatable bonds is 3. The lowest BCUT2D eigenvalue weighted by Crippen LogP contribution is -2.50.